The van der Waals surface area contributed by atoms with Gasteiger partial charge in [0.25, 0.3) is 5.91 Å². The van der Waals surface area contributed by atoms with Gasteiger partial charge in [-0.1, -0.05) is 24.3 Å². The third kappa shape index (κ3) is 5.75. The van der Waals surface area contributed by atoms with Gasteiger partial charge in [0.05, 0.1) is 27.4 Å². The van der Waals surface area contributed by atoms with Gasteiger partial charge in [-0.3, -0.25) is 9.59 Å². The number of ketones is 1. The summed E-state index contributed by atoms with van der Waals surface area (Å²) in [6.07, 6.45) is 4.61. The predicted molar refractivity (Wildman–Crippen MR) is 126 cm³/mol. The second-order valence-electron chi connectivity index (χ2n) is 6.96. The maximum absolute atomic E-state index is 12.6. The smallest absolute Gasteiger partial charge is 0.256 e. The van der Waals surface area contributed by atoms with Crippen molar-refractivity contribution >= 4 is 23.6 Å². The number of amides is 1. The lowest BCUT2D eigenvalue weighted by molar-refractivity contribution is -0.115. The third-order valence-corrected chi connectivity index (χ3v) is 4.87. The zero-order valence-electron chi connectivity index (χ0n) is 18.6. The lowest BCUT2D eigenvalue weighted by atomic mass is 10.0. The number of anilines is 1. The van der Waals surface area contributed by atoms with Gasteiger partial charge in [0, 0.05) is 11.8 Å². The Hall–Kier alpha value is -4.17. The lowest BCUT2D eigenvalue weighted by Gasteiger charge is -2.13. The standard InChI is InChI=1S/C25H25N3O5/c1-31-20-14-16(15-21(32-2)24(20)33-3)7-12-19(29)23(26)17-8-10-18(11-9-17)25(30)28-22-6-4-5-13-27-22/h4-15,23H,26H2,1-3H3,(H,27,28,30)/b12-7+. The summed E-state index contributed by atoms with van der Waals surface area (Å²) < 4.78 is 16.0. The number of ether oxygens (including phenoxy) is 3. The van der Waals surface area contributed by atoms with Crippen LogP contribution in [0.4, 0.5) is 5.82 Å². The van der Waals surface area contributed by atoms with E-state index in [1.807, 2.05) is 0 Å². The van der Waals surface area contributed by atoms with Crippen LogP contribution in [0.3, 0.4) is 0 Å². The van der Waals surface area contributed by atoms with E-state index in [1.54, 1.807) is 66.9 Å². The Labute approximate surface area is 192 Å². The van der Waals surface area contributed by atoms with Gasteiger partial charge >= 0.3 is 0 Å². The summed E-state index contributed by atoms with van der Waals surface area (Å²) in [4.78, 5) is 29.0. The van der Waals surface area contributed by atoms with Crippen molar-refractivity contribution in [3.05, 3.63) is 83.6 Å². The van der Waals surface area contributed by atoms with Gasteiger partial charge in [-0.05, 0) is 53.6 Å². The topological polar surface area (TPSA) is 113 Å². The lowest BCUT2D eigenvalue weighted by Crippen LogP contribution is -2.20. The van der Waals surface area contributed by atoms with E-state index in [1.165, 1.54) is 27.4 Å². The second-order valence-corrected chi connectivity index (χ2v) is 6.96. The third-order valence-electron chi connectivity index (χ3n) is 4.87. The van der Waals surface area contributed by atoms with Crippen LogP contribution < -0.4 is 25.3 Å². The first-order valence-corrected chi connectivity index (χ1v) is 10.1. The molecule has 1 heterocycles. The molecule has 0 bridgehead atoms. The van der Waals surface area contributed by atoms with Crippen molar-refractivity contribution in [2.75, 3.05) is 26.6 Å². The number of carbonyl (C=O) groups excluding carboxylic acids is 2. The number of pyridine rings is 1. The van der Waals surface area contributed by atoms with Crippen molar-refractivity contribution in [1.82, 2.24) is 4.98 Å². The fraction of sp³-hybridized carbons (Fsp3) is 0.160. The number of nitrogens with two attached hydrogens (primary N) is 1. The zero-order valence-corrected chi connectivity index (χ0v) is 18.6. The number of rotatable bonds is 9. The van der Waals surface area contributed by atoms with Crippen LogP contribution in [0.5, 0.6) is 17.2 Å². The van der Waals surface area contributed by atoms with Crippen LogP contribution in [0.1, 0.15) is 27.5 Å². The predicted octanol–water partition coefficient (Wildman–Crippen LogP) is 3.64. The molecule has 3 aromatic rings. The van der Waals surface area contributed by atoms with Crippen LogP contribution in [-0.4, -0.2) is 38.0 Å². The molecule has 0 fully saturated rings. The molecule has 0 saturated heterocycles. The molecule has 0 aliphatic rings. The summed E-state index contributed by atoms with van der Waals surface area (Å²) in [6, 6.07) is 14.4. The van der Waals surface area contributed by atoms with Crippen molar-refractivity contribution in [1.29, 1.82) is 0 Å². The first-order valence-electron chi connectivity index (χ1n) is 10.1. The number of hydrogen-bond acceptors (Lipinski definition) is 7. The normalized spacial score (nSPS) is 11.6. The number of carbonyl (C=O) groups is 2. The van der Waals surface area contributed by atoms with Gasteiger partial charge in [0.2, 0.25) is 5.75 Å². The average molecular weight is 447 g/mol. The van der Waals surface area contributed by atoms with Gasteiger partial charge in [-0.2, -0.15) is 0 Å². The number of hydrogen-bond donors (Lipinski definition) is 2. The van der Waals surface area contributed by atoms with Gasteiger partial charge in [-0.15, -0.1) is 0 Å². The van der Waals surface area contributed by atoms with Crippen molar-refractivity contribution in [2.45, 2.75) is 6.04 Å². The molecule has 1 unspecified atom stereocenters. The van der Waals surface area contributed by atoms with E-state index in [2.05, 4.69) is 10.3 Å². The van der Waals surface area contributed by atoms with E-state index in [-0.39, 0.29) is 11.7 Å². The van der Waals surface area contributed by atoms with E-state index in [9.17, 15) is 9.59 Å². The SMILES string of the molecule is COc1cc(/C=C/C(=O)C(N)c2ccc(C(=O)Nc3ccccn3)cc2)cc(OC)c1OC. The molecule has 3 rings (SSSR count). The summed E-state index contributed by atoms with van der Waals surface area (Å²) in [6.45, 7) is 0. The number of methoxy groups -OCH3 is 3. The van der Waals surface area contributed by atoms with E-state index < -0.39 is 6.04 Å². The van der Waals surface area contributed by atoms with Gasteiger partial charge in [0.1, 0.15) is 5.82 Å². The van der Waals surface area contributed by atoms with Crippen molar-refractivity contribution in [3.8, 4) is 17.2 Å². The summed E-state index contributed by atoms with van der Waals surface area (Å²) in [5.74, 6) is 1.28. The molecule has 0 spiro atoms. The minimum Gasteiger partial charge on any atom is -0.493 e. The molecule has 0 aliphatic heterocycles. The Bertz CT molecular complexity index is 1120. The number of aromatic nitrogens is 1. The molecule has 0 radical (unpaired) electrons. The van der Waals surface area contributed by atoms with Gasteiger partial charge in [0.15, 0.2) is 17.3 Å². The van der Waals surface area contributed by atoms with Crippen LogP contribution in [0.25, 0.3) is 6.08 Å². The zero-order chi connectivity index (χ0) is 23.8. The average Bonchev–Trinajstić information content (AvgIpc) is 2.86. The molecule has 33 heavy (non-hydrogen) atoms. The highest BCUT2D eigenvalue weighted by atomic mass is 16.5. The molecule has 1 atom stereocenters. The molecular formula is C25H25N3O5. The molecule has 8 nitrogen and oxygen atoms in total. The highest BCUT2D eigenvalue weighted by molar-refractivity contribution is 6.04. The monoisotopic (exact) mass is 447 g/mol. The van der Waals surface area contributed by atoms with E-state index >= 15 is 0 Å². The molecule has 0 saturated carbocycles. The summed E-state index contributed by atoms with van der Waals surface area (Å²) >= 11 is 0. The molecule has 2 aromatic carbocycles. The molecule has 1 aromatic heterocycles. The van der Waals surface area contributed by atoms with Crippen LogP contribution in [0, 0.1) is 0 Å². The first-order chi connectivity index (χ1) is 16.0. The quantitative estimate of drug-likeness (QED) is 0.482. The maximum Gasteiger partial charge on any atom is 0.256 e. The van der Waals surface area contributed by atoms with Gasteiger partial charge in [-0.25, -0.2) is 4.98 Å². The fourth-order valence-corrected chi connectivity index (χ4v) is 3.11. The minimum absolute atomic E-state index is 0.297. The molecule has 1 amide bonds. The van der Waals surface area contributed by atoms with Crippen LogP contribution in [0.15, 0.2) is 66.9 Å². The fourth-order valence-electron chi connectivity index (χ4n) is 3.11. The summed E-state index contributed by atoms with van der Waals surface area (Å²) in [7, 11) is 4.56. The van der Waals surface area contributed by atoms with E-state index in [4.69, 9.17) is 19.9 Å². The van der Waals surface area contributed by atoms with Gasteiger partial charge < -0.3 is 25.3 Å². The molecule has 0 aliphatic carbocycles. The van der Waals surface area contributed by atoms with Crippen LogP contribution in [0.2, 0.25) is 0 Å². The summed E-state index contributed by atoms with van der Waals surface area (Å²) in [5, 5.41) is 2.71. The maximum atomic E-state index is 12.6. The molecular weight excluding hydrogens is 422 g/mol. The Morgan fingerprint density at radius 2 is 1.64 bits per heavy atom. The van der Waals surface area contributed by atoms with Crippen molar-refractivity contribution in [3.63, 3.8) is 0 Å². The molecule has 170 valence electrons. The highest BCUT2D eigenvalue weighted by Crippen LogP contribution is 2.38. The Balaban J connectivity index is 1.70. The van der Waals surface area contributed by atoms with E-state index in [0.29, 0.717) is 39.8 Å². The highest BCUT2D eigenvalue weighted by Gasteiger charge is 2.16. The van der Waals surface area contributed by atoms with E-state index in [0.717, 1.165) is 0 Å². The second kappa shape index (κ2) is 10.9. The molecule has 8 heteroatoms. The van der Waals surface area contributed by atoms with Crippen LogP contribution >= 0.6 is 0 Å². The van der Waals surface area contributed by atoms with Crippen LogP contribution in [-0.2, 0) is 4.79 Å². The Kier molecular flexibility index (Phi) is 7.77. The number of benzene rings is 2. The van der Waals surface area contributed by atoms with Crippen molar-refractivity contribution in [2.24, 2.45) is 5.73 Å². The molecule has 3 N–H and O–H groups in total. The number of nitrogens with one attached hydrogen (secondary N) is 1. The first kappa shape index (κ1) is 23.5. The minimum atomic E-state index is -0.879. The Morgan fingerprint density at radius 3 is 2.18 bits per heavy atom. The Morgan fingerprint density at radius 1 is 0.970 bits per heavy atom. The summed E-state index contributed by atoms with van der Waals surface area (Å²) in [5.41, 5.74) is 7.83. The van der Waals surface area contributed by atoms with Crippen molar-refractivity contribution < 1.29 is 23.8 Å². The largest absolute Gasteiger partial charge is 0.493 e. The number of nitrogens with zero attached hydrogens (tertiary/aromatic N) is 1.